The SMILES string of the molecule is COC(=O)c1c(C)[nH]c2c(OC(=O)N(C)N)cc3c(c12)[C@H](CBr)CN3C(=O)c1cc2cc(OC)c(OC)c(OC)c2[nH]1. The molecule has 0 bridgehead atoms. The first kappa shape index (κ1) is 29.1. The van der Waals surface area contributed by atoms with Crippen LogP contribution in [0.3, 0.4) is 0 Å². The molecule has 0 fully saturated rings. The minimum Gasteiger partial charge on any atom is -0.493 e. The molecule has 5 rings (SSSR count). The monoisotopic (exact) mass is 643 g/mol. The van der Waals surface area contributed by atoms with Gasteiger partial charge in [0.05, 0.1) is 50.7 Å². The third-order valence-corrected chi connectivity index (χ3v) is 8.09. The van der Waals surface area contributed by atoms with Crippen molar-refractivity contribution in [3.63, 3.8) is 0 Å². The summed E-state index contributed by atoms with van der Waals surface area (Å²) in [6.45, 7) is 2.01. The number of esters is 1. The van der Waals surface area contributed by atoms with E-state index in [4.69, 9.17) is 29.5 Å². The second-order valence-corrected chi connectivity index (χ2v) is 10.4. The lowest BCUT2D eigenvalue weighted by Crippen LogP contribution is -2.35. The van der Waals surface area contributed by atoms with E-state index in [0.29, 0.717) is 55.8 Å². The first-order valence-electron chi connectivity index (χ1n) is 12.8. The summed E-state index contributed by atoms with van der Waals surface area (Å²) in [4.78, 5) is 47.5. The van der Waals surface area contributed by atoms with Gasteiger partial charge in [0.1, 0.15) is 5.69 Å². The summed E-state index contributed by atoms with van der Waals surface area (Å²) < 4.78 is 27.2. The number of methoxy groups -OCH3 is 4. The number of amides is 2. The van der Waals surface area contributed by atoms with Crippen molar-refractivity contribution in [3.05, 3.63) is 40.7 Å². The van der Waals surface area contributed by atoms with Crippen LogP contribution in [0.15, 0.2) is 18.2 Å². The van der Waals surface area contributed by atoms with Crippen LogP contribution in [0.4, 0.5) is 10.5 Å². The van der Waals surface area contributed by atoms with E-state index < -0.39 is 12.1 Å². The Labute approximate surface area is 248 Å². The maximum Gasteiger partial charge on any atom is 0.429 e. The van der Waals surface area contributed by atoms with Gasteiger partial charge in [0.15, 0.2) is 17.2 Å². The number of ether oxygens (including phenoxy) is 5. The van der Waals surface area contributed by atoms with Crippen LogP contribution < -0.4 is 29.7 Å². The van der Waals surface area contributed by atoms with Crippen LogP contribution in [0.5, 0.6) is 23.0 Å². The average molecular weight is 644 g/mol. The number of nitrogens with zero attached hydrogens (tertiary/aromatic N) is 2. The summed E-state index contributed by atoms with van der Waals surface area (Å²) in [6, 6.07) is 5.05. The molecule has 42 heavy (non-hydrogen) atoms. The Kier molecular flexibility index (Phi) is 7.68. The van der Waals surface area contributed by atoms with Gasteiger partial charge in [-0.1, -0.05) is 15.9 Å². The maximum absolute atomic E-state index is 14.1. The third-order valence-electron chi connectivity index (χ3n) is 7.31. The summed E-state index contributed by atoms with van der Waals surface area (Å²) in [6.07, 6.45) is -0.832. The lowest BCUT2D eigenvalue weighted by Gasteiger charge is -2.18. The molecule has 0 radical (unpaired) electrons. The van der Waals surface area contributed by atoms with Crippen LogP contribution in [0.2, 0.25) is 0 Å². The number of nitrogens with one attached hydrogen (secondary N) is 2. The summed E-state index contributed by atoms with van der Waals surface area (Å²) >= 11 is 3.58. The van der Waals surface area contributed by atoms with Gasteiger partial charge >= 0.3 is 12.1 Å². The van der Waals surface area contributed by atoms with E-state index in [-0.39, 0.29) is 35.4 Å². The molecule has 0 saturated heterocycles. The Balaban J connectivity index is 1.72. The van der Waals surface area contributed by atoms with Gasteiger partial charge in [-0.25, -0.2) is 20.4 Å². The maximum atomic E-state index is 14.1. The molecular weight excluding hydrogens is 614 g/mol. The zero-order valence-electron chi connectivity index (χ0n) is 23.8. The molecular formula is C28H30BrN5O8. The van der Waals surface area contributed by atoms with Gasteiger partial charge in [-0.15, -0.1) is 0 Å². The van der Waals surface area contributed by atoms with Crippen molar-refractivity contribution < 1.29 is 38.1 Å². The molecule has 0 unspecified atom stereocenters. The van der Waals surface area contributed by atoms with Crippen molar-refractivity contribution in [2.75, 3.05) is 52.3 Å². The van der Waals surface area contributed by atoms with Crippen LogP contribution in [0, 0.1) is 6.92 Å². The lowest BCUT2D eigenvalue weighted by molar-refractivity contribution is 0.0602. The van der Waals surface area contributed by atoms with E-state index >= 15 is 0 Å². The number of carbonyl (C=O) groups is 3. The highest BCUT2D eigenvalue weighted by Crippen LogP contribution is 2.48. The molecule has 0 saturated carbocycles. The van der Waals surface area contributed by atoms with Crippen molar-refractivity contribution in [2.45, 2.75) is 12.8 Å². The highest BCUT2D eigenvalue weighted by Gasteiger charge is 2.38. The minimum atomic E-state index is -0.832. The first-order chi connectivity index (χ1) is 20.1. The van der Waals surface area contributed by atoms with Gasteiger partial charge < -0.3 is 38.6 Å². The Hall–Kier alpha value is -4.43. The molecule has 4 aromatic rings. The predicted octanol–water partition coefficient (Wildman–Crippen LogP) is 4.21. The quantitative estimate of drug-likeness (QED) is 0.0880. The largest absolute Gasteiger partial charge is 0.493 e. The number of rotatable bonds is 7. The van der Waals surface area contributed by atoms with Crippen LogP contribution in [-0.4, -0.2) is 80.3 Å². The van der Waals surface area contributed by atoms with Gasteiger partial charge in [0.2, 0.25) is 5.75 Å². The summed E-state index contributed by atoms with van der Waals surface area (Å²) in [5, 5.41) is 2.46. The minimum absolute atomic E-state index is 0.102. The number of hydrazine groups is 1. The fourth-order valence-electron chi connectivity index (χ4n) is 5.45. The van der Waals surface area contributed by atoms with E-state index in [1.165, 1.54) is 35.5 Å². The number of aromatic amines is 2. The van der Waals surface area contributed by atoms with E-state index in [9.17, 15) is 14.4 Å². The number of halogens is 1. The smallest absolute Gasteiger partial charge is 0.429 e. The Morgan fingerprint density at radius 2 is 1.74 bits per heavy atom. The molecule has 1 atom stereocenters. The molecule has 222 valence electrons. The van der Waals surface area contributed by atoms with E-state index in [2.05, 4.69) is 25.9 Å². The molecule has 0 aliphatic carbocycles. The molecule has 2 aromatic heterocycles. The zero-order chi connectivity index (χ0) is 30.5. The number of hydrogen-bond acceptors (Lipinski definition) is 9. The average Bonchev–Trinajstić information content (AvgIpc) is 3.67. The fraction of sp³-hybridized carbons (Fsp3) is 0.321. The van der Waals surface area contributed by atoms with E-state index in [1.807, 2.05) is 0 Å². The zero-order valence-corrected chi connectivity index (χ0v) is 25.4. The standard InChI is InChI=1S/C28H30BrN5O8/c1-12-19(27(36)41-6)21-20-14(10-29)11-34(16(20)9-17(23(21)31-12)42-28(37)33(2)30)26(35)15-7-13-8-18(38-3)24(39-4)25(40-5)22(13)32-15/h7-9,14,31-32H,10-11,30H2,1-6H3/t14-/m1/s1. The van der Waals surface area contributed by atoms with Crippen molar-refractivity contribution in [1.82, 2.24) is 15.0 Å². The Bertz CT molecular complexity index is 1740. The number of carbonyl (C=O) groups excluding carboxylic acids is 3. The van der Waals surface area contributed by atoms with Gasteiger partial charge in [-0.2, -0.15) is 0 Å². The van der Waals surface area contributed by atoms with E-state index in [0.717, 1.165) is 10.6 Å². The van der Waals surface area contributed by atoms with Crippen LogP contribution >= 0.6 is 15.9 Å². The molecule has 1 aliphatic heterocycles. The molecule has 4 N–H and O–H groups in total. The Morgan fingerprint density at radius 3 is 2.33 bits per heavy atom. The van der Waals surface area contributed by atoms with Gasteiger partial charge in [0, 0.05) is 47.4 Å². The Morgan fingerprint density at radius 1 is 1.02 bits per heavy atom. The molecule has 14 heteroatoms. The second kappa shape index (κ2) is 11.1. The number of nitrogens with two attached hydrogens (primary N) is 1. The number of aryl methyl sites for hydroxylation is 1. The topological polar surface area (TPSA) is 161 Å². The highest BCUT2D eigenvalue weighted by molar-refractivity contribution is 9.09. The van der Waals surface area contributed by atoms with Crippen molar-refractivity contribution in [1.29, 1.82) is 0 Å². The van der Waals surface area contributed by atoms with Crippen molar-refractivity contribution in [2.24, 2.45) is 5.84 Å². The van der Waals surface area contributed by atoms with Crippen LogP contribution in [0.25, 0.3) is 21.8 Å². The van der Waals surface area contributed by atoms with Crippen LogP contribution in [-0.2, 0) is 4.74 Å². The van der Waals surface area contributed by atoms with Crippen molar-refractivity contribution in [3.8, 4) is 23.0 Å². The molecule has 3 heterocycles. The van der Waals surface area contributed by atoms with Gasteiger partial charge in [-0.05, 0) is 24.6 Å². The third kappa shape index (κ3) is 4.47. The number of benzene rings is 2. The summed E-state index contributed by atoms with van der Waals surface area (Å²) in [5.41, 5.74) is 3.27. The molecule has 2 aromatic carbocycles. The number of H-pyrrole nitrogens is 2. The first-order valence-corrected chi connectivity index (χ1v) is 13.9. The predicted molar refractivity (Wildman–Crippen MR) is 159 cm³/mol. The van der Waals surface area contributed by atoms with E-state index in [1.54, 1.807) is 30.0 Å². The molecule has 2 amide bonds. The number of anilines is 1. The summed E-state index contributed by atoms with van der Waals surface area (Å²) in [5.74, 6) is 5.82. The molecule has 0 spiro atoms. The molecule has 1 aliphatic rings. The van der Waals surface area contributed by atoms with Gasteiger partial charge in [-0.3, -0.25) is 4.79 Å². The normalized spacial score (nSPS) is 14.2. The molecule has 13 nitrogen and oxygen atoms in total. The number of hydrogen-bond donors (Lipinski definition) is 3. The second-order valence-electron chi connectivity index (χ2n) is 9.71. The van der Waals surface area contributed by atoms with Crippen LogP contribution in [0.1, 0.15) is 38.0 Å². The highest BCUT2D eigenvalue weighted by atomic mass is 79.9. The lowest BCUT2D eigenvalue weighted by atomic mass is 9.95. The fourth-order valence-corrected chi connectivity index (χ4v) is 5.98. The number of alkyl halides is 1. The van der Waals surface area contributed by atoms with Gasteiger partial charge in [0.25, 0.3) is 5.91 Å². The number of aromatic nitrogens is 2. The number of fused-ring (bicyclic) bond motifs is 4. The summed E-state index contributed by atoms with van der Waals surface area (Å²) in [7, 11) is 7.16. The van der Waals surface area contributed by atoms with Crippen molar-refractivity contribution >= 4 is 61.4 Å².